The van der Waals surface area contributed by atoms with Crippen molar-refractivity contribution in [2.45, 2.75) is 164 Å². The number of carboxylic acid groups (broad SMARTS) is 1. The molecule has 5 nitrogen and oxygen atoms in total. The van der Waals surface area contributed by atoms with Crippen molar-refractivity contribution < 1.29 is 19.4 Å². The number of carbonyl (C=O) groups excluding carboxylic acids is 1. The topological polar surface area (TPSA) is 75.6 Å². The molecule has 5 fully saturated rings. The maximum absolute atomic E-state index is 13.1. The van der Waals surface area contributed by atoms with Crippen LogP contribution in [0.15, 0.2) is 0 Å². The van der Waals surface area contributed by atoms with Crippen LogP contribution in [0.3, 0.4) is 0 Å². The number of rotatable bonds is 11. The van der Waals surface area contributed by atoms with E-state index in [9.17, 15) is 14.7 Å². The summed E-state index contributed by atoms with van der Waals surface area (Å²) >= 11 is 0. The van der Waals surface area contributed by atoms with Gasteiger partial charge >= 0.3 is 11.9 Å². The molecule has 0 aromatic carbocycles. The molecule has 5 rings (SSSR count). The molecule has 0 bridgehead atoms. The lowest BCUT2D eigenvalue weighted by molar-refractivity contribution is -0.249. The lowest BCUT2D eigenvalue weighted by Crippen LogP contribution is -2.66. The Kier molecular flexibility index (Phi) is 9.47. The van der Waals surface area contributed by atoms with Crippen LogP contribution < -0.4 is 5.32 Å². The molecule has 0 radical (unpaired) electrons. The second-order valence-electron chi connectivity index (χ2n) is 18.6. The molecule has 2 unspecified atom stereocenters. The number of ether oxygens (including phenoxy) is 1. The highest BCUT2D eigenvalue weighted by molar-refractivity contribution is 5.73. The lowest BCUT2D eigenvalue weighted by atomic mass is 9.32. The lowest BCUT2D eigenvalue weighted by Gasteiger charge is -2.72. The van der Waals surface area contributed by atoms with Crippen molar-refractivity contribution in [3.8, 4) is 0 Å². The van der Waals surface area contributed by atoms with Gasteiger partial charge < -0.3 is 15.2 Å². The monoisotopic (exact) mass is 614 g/mol. The van der Waals surface area contributed by atoms with Gasteiger partial charge in [-0.25, -0.2) is 0 Å². The van der Waals surface area contributed by atoms with Gasteiger partial charge in [-0.05, 0) is 147 Å². The highest BCUT2D eigenvalue weighted by atomic mass is 16.5. The number of nitrogens with one attached hydrogen (secondary N) is 1. The van der Waals surface area contributed by atoms with E-state index < -0.39 is 11.4 Å². The molecule has 0 aliphatic heterocycles. The molecule has 2 N–H and O–H groups in total. The summed E-state index contributed by atoms with van der Waals surface area (Å²) in [5.41, 5.74) is 0.985. The van der Waals surface area contributed by atoms with Gasteiger partial charge in [0.25, 0.3) is 0 Å². The fourth-order valence-corrected chi connectivity index (χ4v) is 13.3. The average Bonchev–Trinajstić information content (AvgIpc) is 3.34. The summed E-state index contributed by atoms with van der Waals surface area (Å²) in [5.74, 6) is 1.98. The average molecular weight is 614 g/mol. The van der Waals surface area contributed by atoms with Crippen LogP contribution in [0.25, 0.3) is 0 Å². The van der Waals surface area contributed by atoms with E-state index in [1.807, 2.05) is 13.8 Å². The van der Waals surface area contributed by atoms with Crippen LogP contribution in [-0.2, 0) is 14.3 Å². The third-order valence-electron chi connectivity index (χ3n) is 15.5. The fourth-order valence-electron chi connectivity index (χ4n) is 13.3. The number of aliphatic carboxylic acids is 1. The zero-order valence-electron chi connectivity index (χ0n) is 29.8. The zero-order chi connectivity index (χ0) is 32.2. The standard InChI is InChI=1S/C39H67NO4/c1-9-23-40-24-11-18-39-17-10-12-28(39)27-13-14-30-36(6)19-16-31(44-33(43)26-34(2,3)25-32(41)42)35(4,5)29(36)15-20-38(30,8)37(27,7)21-22-39/h27-31,40H,9-26H2,1-8H3,(H,41,42)/t27-,28-,29?,30?,31+,36+,37-,38-,39+/m1/s1. The van der Waals surface area contributed by atoms with Crippen LogP contribution in [-0.4, -0.2) is 36.2 Å². The van der Waals surface area contributed by atoms with Crippen LogP contribution in [0.5, 0.6) is 0 Å². The Morgan fingerprint density at radius 3 is 2.27 bits per heavy atom. The summed E-state index contributed by atoms with van der Waals surface area (Å²) in [6, 6.07) is 0. The van der Waals surface area contributed by atoms with Crippen LogP contribution in [0.2, 0.25) is 0 Å². The maximum Gasteiger partial charge on any atom is 0.306 e. The van der Waals surface area contributed by atoms with E-state index in [1.165, 1.54) is 83.6 Å². The fraction of sp³-hybridized carbons (Fsp3) is 0.949. The molecule has 0 aromatic rings. The molecular formula is C39H67NO4. The Morgan fingerprint density at radius 2 is 1.57 bits per heavy atom. The van der Waals surface area contributed by atoms with E-state index in [0.717, 1.165) is 37.1 Å². The molecule has 0 spiro atoms. The Labute approximate surface area is 269 Å². The van der Waals surface area contributed by atoms with Gasteiger partial charge in [0, 0.05) is 5.41 Å². The summed E-state index contributed by atoms with van der Waals surface area (Å²) in [5, 5.41) is 13.0. The van der Waals surface area contributed by atoms with E-state index >= 15 is 0 Å². The Bertz CT molecular complexity index is 1070. The number of carboxylic acids is 1. The zero-order valence-corrected chi connectivity index (χ0v) is 29.8. The maximum atomic E-state index is 13.1. The van der Waals surface area contributed by atoms with Crippen molar-refractivity contribution in [2.75, 3.05) is 13.1 Å². The van der Waals surface area contributed by atoms with Crippen LogP contribution in [0, 0.1) is 56.2 Å². The Morgan fingerprint density at radius 1 is 0.818 bits per heavy atom. The molecule has 252 valence electrons. The molecule has 0 heterocycles. The first-order chi connectivity index (χ1) is 20.5. The van der Waals surface area contributed by atoms with E-state index in [0.29, 0.717) is 22.2 Å². The minimum Gasteiger partial charge on any atom is -0.481 e. The van der Waals surface area contributed by atoms with Crippen molar-refractivity contribution >= 4 is 11.9 Å². The van der Waals surface area contributed by atoms with Crippen molar-refractivity contribution in [2.24, 2.45) is 56.2 Å². The van der Waals surface area contributed by atoms with Gasteiger partial charge in [-0.3, -0.25) is 9.59 Å². The van der Waals surface area contributed by atoms with Crippen molar-refractivity contribution in [1.29, 1.82) is 0 Å². The second-order valence-corrected chi connectivity index (χ2v) is 18.6. The molecule has 0 aromatic heterocycles. The van der Waals surface area contributed by atoms with Crippen LogP contribution in [0.1, 0.15) is 158 Å². The van der Waals surface area contributed by atoms with Crippen molar-refractivity contribution in [1.82, 2.24) is 5.32 Å². The summed E-state index contributed by atoms with van der Waals surface area (Å²) in [7, 11) is 0. The van der Waals surface area contributed by atoms with Gasteiger partial charge in [-0.2, -0.15) is 0 Å². The quantitative estimate of drug-likeness (QED) is 0.179. The summed E-state index contributed by atoms with van der Waals surface area (Å²) < 4.78 is 6.26. The predicted octanol–water partition coefficient (Wildman–Crippen LogP) is 9.42. The van der Waals surface area contributed by atoms with Crippen LogP contribution in [0.4, 0.5) is 0 Å². The van der Waals surface area contributed by atoms with E-state index in [4.69, 9.17) is 4.74 Å². The molecule has 5 saturated carbocycles. The van der Waals surface area contributed by atoms with Gasteiger partial charge in [0.1, 0.15) is 6.10 Å². The van der Waals surface area contributed by atoms with Crippen LogP contribution >= 0.6 is 0 Å². The summed E-state index contributed by atoms with van der Waals surface area (Å²) in [4.78, 5) is 24.4. The first kappa shape index (κ1) is 34.2. The minimum absolute atomic E-state index is 0.0188. The smallest absolute Gasteiger partial charge is 0.306 e. The third-order valence-corrected chi connectivity index (χ3v) is 15.5. The highest BCUT2D eigenvalue weighted by Crippen LogP contribution is 2.77. The molecule has 0 amide bonds. The largest absolute Gasteiger partial charge is 0.481 e. The number of hydrogen-bond donors (Lipinski definition) is 2. The van der Waals surface area contributed by atoms with Gasteiger partial charge in [0.15, 0.2) is 0 Å². The first-order valence-electron chi connectivity index (χ1n) is 18.7. The normalized spacial score (nSPS) is 42.9. The molecular weight excluding hydrogens is 546 g/mol. The number of fused-ring (bicyclic) bond motifs is 7. The number of hydrogen-bond acceptors (Lipinski definition) is 4. The molecule has 44 heavy (non-hydrogen) atoms. The van der Waals surface area contributed by atoms with Gasteiger partial charge in [0.05, 0.1) is 12.8 Å². The SMILES string of the molecule is CCCNCCC[C@]12CCC[C@@H]1[C@H]1CCC3[C@@]4(C)CC[C@H](OC(=O)CC(C)(C)CC(=O)O)C(C)(C)C4CC[C@@]3(C)[C@]1(C)CC2. The molecule has 9 atom stereocenters. The second kappa shape index (κ2) is 12.2. The molecule has 5 aliphatic rings. The summed E-state index contributed by atoms with van der Waals surface area (Å²) in [6.45, 7) is 21.2. The third kappa shape index (κ3) is 5.70. The Hall–Kier alpha value is -1.10. The van der Waals surface area contributed by atoms with Crippen molar-refractivity contribution in [3.63, 3.8) is 0 Å². The molecule has 5 heteroatoms. The minimum atomic E-state index is -0.860. The first-order valence-corrected chi connectivity index (χ1v) is 18.7. The molecule has 5 aliphatic carbocycles. The van der Waals surface area contributed by atoms with Gasteiger partial charge in [-0.15, -0.1) is 0 Å². The van der Waals surface area contributed by atoms with Crippen molar-refractivity contribution in [3.05, 3.63) is 0 Å². The highest BCUT2D eigenvalue weighted by Gasteiger charge is 2.70. The van der Waals surface area contributed by atoms with Gasteiger partial charge in [0.2, 0.25) is 0 Å². The molecule has 0 saturated heterocycles. The number of carbonyl (C=O) groups is 2. The van der Waals surface area contributed by atoms with E-state index in [1.54, 1.807) is 0 Å². The van der Waals surface area contributed by atoms with E-state index in [-0.39, 0.29) is 35.7 Å². The van der Waals surface area contributed by atoms with E-state index in [2.05, 4.69) is 46.9 Å². The number of esters is 1. The van der Waals surface area contributed by atoms with Gasteiger partial charge in [-0.1, -0.05) is 61.8 Å². The summed E-state index contributed by atoms with van der Waals surface area (Å²) in [6.07, 6.45) is 18.7. The Balaban J connectivity index is 1.31. The predicted molar refractivity (Wildman–Crippen MR) is 178 cm³/mol.